The van der Waals surface area contributed by atoms with Crippen LogP contribution in [0.5, 0.6) is 11.5 Å². The van der Waals surface area contributed by atoms with Crippen molar-refractivity contribution < 1.29 is 37.5 Å². The summed E-state index contributed by atoms with van der Waals surface area (Å²) in [6.07, 6.45) is -1.29. The number of carbonyl (C=O) groups excluding carboxylic acids is 1. The molecule has 0 saturated carbocycles. The van der Waals surface area contributed by atoms with Crippen LogP contribution in [0.25, 0.3) is 0 Å². The predicted molar refractivity (Wildman–Crippen MR) is 222 cm³/mol. The van der Waals surface area contributed by atoms with E-state index in [1.165, 1.54) is 35.7 Å². The largest absolute Gasteiger partial charge is 0.497 e. The van der Waals surface area contributed by atoms with Gasteiger partial charge in [0, 0.05) is 24.3 Å². The van der Waals surface area contributed by atoms with Crippen molar-refractivity contribution in [3.05, 3.63) is 129 Å². The molecule has 1 fully saturated rings. The van der Waals surface area contributed by atoms with E-state index in [0.717, 1.165) is 16.7 Å². The van der Waals surface area contributed by atoms with Gasteiger partial charge in [-0.1, -0.05) is 54.6 Å². The highest BCUT2D eigenvalue weighted by Gasteiger charge is 2.51. The highest BCUT2D eigenvalue weighted by atomic mass is 32.2. The predicted octanol–water partition coefficient (Wildman–Crippen LogP) is 6.40. The van der Waals surface area contributed by atoms with Crippen LogP contribution in [0, 0.1) is 11.3 Å². The average molecular weight is 835 g/mol. The van der Waals surface area contributed by atoms with Gasteiger partial charge in [0.15, 0.2) is 6.23 Å². The number of H-pyrrole nitrogens is 1. The topological polar surface area (TPSA) is 164 Å². The zero-order valence-electron chi connectivity index (χ0n) is 33.7. The van der Waals surface area contributed by atoms with Crippen LogP contribution in [0.1, 0.15) is 57.0 Å². The van der Waals surface area contributed by atoms with E-state index in [1.54, 1.807) is 14.2 Å². The molecule has 1 aromatic heterocycles. The van der Waals surface area contributed by atoms with Gasteiger partial charge in [-0.15, -0.1) is 11.8 Å². The molecular weight excluding hydrogens is 784 g/mol. The minimum Gasteiger partial charge on any atom is -0.497 e. The standard InChI is InChI=1S/C42H51N4O10PS/c1-28(2)46(29(3)4)57(54-25-11-23-43)56-38-35(55-40(39(38)58-27-37(48)52-7)45-24-22-36(47)44-41(45)49)26-53-42(30-12-9-8-10-13-30,31-14-18-33(50-5)19-15-31)32-16-20-34(51-6)21-17-32/h8-10,12-22,24,28-29,35,38-40H,11,25-27H2,1-7H3,(H,44,47,49)/t35-,38-,39-,40-,57?/m1/s1. The summed E-state index contributed by atoms with van der Waals surface area (Å²) in [5.74, 6) is 0.745. The van der Waals surface area contributed by atoms with E-state index in [4.69, 9.17) is 32.7 Å². The molecule has 0 amide bonds. The third kappa shape index (κ3) is 10.4. The molecule has 310 valence electrons. The molecule has 1 unspecified atom stereocenters. The molecule has 3 aromatic carbocycles. The smallest absolute Gasteiger partial charge is 0.330 e. The van der Waals surface area contributed by atoms with Gasteiger partial charge in [0.05, 0.1) is 58.0 Å². The normalized spacial score (nSPS) is 18.6. The van der Waals surface area contributed by atoms with Crippen molar-refractivity contribution in [2.45, 2.75) is 75.5 Å². The van der Waals surface area contributed by atoms with Crippen LogP contribution in [-0.4, -0.2) is 90.0 Å². The first-order valence-corrected chi connectivity index (χ1v) is 21.0. The Morgan fingerprint density at radius 2 is 1.50 bits per heavy atom. The number of methoxy groups -OCH3 is 3. The van der Waals surface area contributed by atoms with Crippen molar-refractivity contribution in [1.29, 1.82) is 5.26 Å². The second-order valence-electron chi connectivity index (χ2n) is 13.9. The fourth-order valence-corrected chi connectivity index (χ4v) is 9.99. The molecule has 1 saturated heterocycles. The lowest BCUT2D eigenvalue weighted by Gasteiger charge is -2.39. The number of esters is 1. The number of ether oxygens (including phenoxy) is 5. The third-order valence-corrected chi connectivity index (χ3v) is 13.0. The van der Waals surface area contributed by atoms with Gasteiger partial charge in [-0.2, -0.15) is 5.26 Å². The van der Waals surface area contributed by atoms with Crippen molar-refractivity contribution in [1.82, 2.24) is 14.2 Å². The van der Waals surface area contributed by atoms with Crippen LogP contribution >= 0.6 is 20.3 Å². The molecule has 0 aliphatic carbocycles. The van der Waals surface area contributed by atoms with E-state index >= 15 is 0 Å². The number of aromatic nitrogens is 2. The zero-order chi connectivity index (χ0) is 41.8. The van der Waals surface area contributed by atoms with E-state index in [1.807, 2.05) is 107 Å². The van der Waals surface area contributed by atoms with Crippen molar-refractivity contribution in [2.24, 2.45) is 0 Å². The number of nitrogens with zero attached hydrogens (tertiary/aromatic N) is 3. The lowest BCUT2D eigenvalue weighted by Crippen LogP contribution is -2.42. The van der Waals surface area contributed by atoms with E-state index < -0.39 is 55.0 Å². The van der Waals surface area contributed by atoms with E-state index in [-0.39, 0.29) is 37.5 Å². The molecular formula is C42H51N4O10PS. The molecule has 0 spiro atoms. The van der Waals surface area contributed by atoms with Crippen LogP contribution < -0.4 is 20.7 Å². The summed E-state index contributed by atoms with van der Waals surface area (Å²) in [5, 5.41) is 8.68. The molecule has 58 heavy (non-hydrogen) atoms. The zero-order valence-corrected chi connectivity index (χ0v) is 35.4. The van der Waals surface area contributed by atoms with Crippen LogP contribution in [0.3, 0.4) is 0 Å². The number of benzene rings is 3. The fraction of sp³-hybridized carbons (Fsp3) is 0.429. The summed E-state index contributed by atoms with van der Waals surface area (Å²) >= 11 is 1.20. The first kappa shape index (κ1) is 44.6. The average Bonchev–Trinajstić information content (AvgIpc) is 3.56. The quantitative estimate of drug-likeness (QED) is 0.0451. The van der Waals surface area contributed by atoms with Gasteiger partial charge in [-0.3, -0.25) is 19.1 Å². The van der Waals surface area contributed by atoms with Crippen molar-refractivity contribution in [3.8, 4) is 17.6 Å². The molecule has 0 bridgehead atoms. The van der Waals surface area contributed by atoms with E-state index in [9.17, 15) is 19.6 Å². The summed E-state index contributed by atoms with van der Waals surface area (Å²) in [7, 11) is 2.67. The molecule has 1 aliphatic heterocycles. The monoisotopic (exact) mass is 834 g/mol. The lowest BCUT2D eigenvalue weighted by molar-refractivity contribution is -0.137. The Bertz CT molecular complexity index is 2020. The van der Waals surface area contributed by atoms with Crippen LogP contribution in [0.2, 0.25) is 0 Å². The van der Waals surface area contributed by atoms with Crippen LogP contribution in [-0.2, 0) is 33.7 Å². The van der Waals surface area contributed by atoms with Gasteiger partial charge in [-0.05, 0) is 68.7 Å². The lowest BCUT2D eigenvalue weighted by atomic mass is 9.80. The number of rotatable bonds is 20. The van der Waals surface area contributed by atoms with Gasteiger partial charge in [0.1, 0.15) is 29.3 Å². The van der Waals surface area contributed by atoms with Crippen LogP contribution in [0.4, 0.5) is 0 Å². The molecule has 0 radical (unpaired) electrons. The summed E-state index contributed by atoms with van der Waals surface area (Å²) in [6.45, 7) is 8.14. The SMILES string of the molecule is COC(=O)CS[C@@H]1[C@H](OP(OCCC#N)N(C(C)C)C(C)C)[C@@H](COC(c2ccccc2)(c2ccc(OC)cc2)c2ccc(OC)cc2)O[C@H]1n1ccc(=O)[nH]c1=O. The molecule has 16 heteroatoms. The number of hydrogen-bond acceptors (Lipinski definition) is 13. The third-order valence-electron chi connectivity index (χ3n) is 9.54. The van der Waals surface area contributed by atoms with Gasteiger partial charge >= 0.3 is 11.7 Å². The molecule has 5 rings (SSSR count). The Morgan fingerprint density at radius 1 is 0.914 bits per heavy atom. The molecule has 2 heterocycles. The number of carbonyl (C=O) groups is 1. The summed E-state index contributed by atoms with van der Waals surface area (Å²) in [6, 6.07) is 28.4. The minimum absolute atomic E-state index is 0.0279. The van der Waals surface area contributed by atoms with Gasteiger partial charge in [-0.25, -0.2) is 9.46 Å². The first-order valence-electron chi connectivity index (χ1n) is 18.9. The van der Waals surface area contributed by atoms with E-state index in [0.29, 0.717) is 11.5 Å². The van der Waals surface area contributed by atoms with E-state index in [2.05, 4.69) is 15.7 Å². The molecule has 5 atom stereocenters. The Hall–Kier alpha value is -4.52. The molecule has 14 nitrogen and oxygen atoms in total. The number of nitrogens with one attached hydrogen (secondary N) is 1. The van der Waals surface area contributed by atoms with Crippen molar-refractivity contribution >= 4 is 26.3 Å². The number of aromatic amines is 1. The van der Waals surface area contributed by atoms with Crippen molar-refractivity contribution in [3.63, 3.8) is 0 Å². The Kier molecular flexibility index (Phi) is 16.1. The second kappa shape index (κ2) is 20.9. The maximum absolute atomic E-state index is 13.4. The maximum atomic E-state index is 13.4. The summed E-state index contributed by atoms with van der Waals surface area (Å²) in [4.78, 5) is 40.6. The minimum atomic E-state index is -1.85. The Labute approximate surface area is 344 Å². The van der Waals surface area contributed by atoms with Gasteiger partial charge in [0.2, 0.25) is 0 Å². The highest BCUT2D eigenvalue weighted by Crippen LogP contribution is 2.52. The Balaban J connectivity index is 1.69. The fourth-order valence-electron chi connectivity index (χ4n) is 6.90. The maximum Gasteiger partial charge on any atom is 0.330 e. The summed E-state index contributed by atoms with van der Waals surface area (Å²) in [5.41, 5.74) is -0.105. The van der Waals surface area contributed by atoms with Gasteiger partial charge < -0.3 is 32.7 Å². The highest BCUT2D eigenvalue weighted by molar-refractivity contribution is 8.00. The molecule has 1 N–H and O–H groups in total. The van der Waals surface area contributed by atoms with Crippen molar-refractivity contribution in [2.75, 3.05) is 40.3 Å². The number of nitriles is 1. The molecule has 1 aliphatic rings. The Morgan fingerprint density at radius 3 is 2.02 bits per heavy atom. The first-order chi connectivity index (χ1) is 28.0. The molecule has 4 aromatic rings. The summed E-state index contributed by atoms with van der Waals surface area (Å²) < 4.78 is 47.0. The second-order valence-corrected chi connectivity index (χ2v) is 16.4. The van der Waals surface area contributed by atoms with Crippen LogP contribution in [0.15, 0.2) is 101 Å². The number of thioether (sulfide) groups is 1. The van der Waals surface area contributed by atoms with Gasteiger partial charge in [0.25, 0.3) is 14.1 Å². The number of hydrogen-bond donors (Lipinski definition) is 1.